The van der Waals surface area contributed by atoms with Crippen molar-refractivity contribution in [3.8, 4) is 0 Å². The monoisotopic (exact) mass is 266 g/mol. The number of carbonyl (C=O) groups excluding carboxylic acids is 1. The minimum absolute atomic E-state index is 0.142. The standard InChI is InChI=1S/C10H14N6O3/c11-8-7(16(18)19)10(14-5-13-8)15-3-1-2-6(4-15)9(12)17/h5-6H,1-4H2,(H2,12,17)(H2,11,13,14). The quantitative estimate of drug-likeness (QED) is 0.563. The molecule has 1 aromatic rings. The van der Waals surface area contributed by atoms with E-state index in [9.17, 15) is 14.9 Å². The fourth-order valence-corrected chi connectivity index (χ4v) is 2.19. The highest BCUT2D eigenvalue weighted by Gasteiger charge is 2.31. The Balaban J connectivity index is 2.34. The van der Waals surface area contributed by atoms with Crippen molar-refractivity contribution in [1.29, 1.82) is 0 Å². The van der Waals surface area contributed by atoms with Gasteiger partial charge >= 0.3 is 5.69 Å². The van der Waals surface area contributed by atoms with Crippen LogP contribution in [-0.4, -0.2) is 33.9 Å². The van der Waals surface area contributed by atoms with Crippen LogP contribution < -0.4 is 16.4 Å². The van der Waals surface area contributed by atoms with Gasteiger partial charge in [-0.2, -0.15) is 0 Å². The fraction of sp³-hybridized carbons (Fsp3) is 0.500. The first-order valence-electron chi connectivity index (χ1n) is 5.80. The van der Waals surface area contributed by atoms with Gasteiger partial charge in [-0.3, -0.25) is 14.9 Å². The average Bonchev–Trinajstić information content (AvgIpc) is 2.38. The molecule has 2 rings (SSSR count). The number of piperidine rings is 1. The van der Waals surface area contributed by atoms with Gasteiger partial charge in [0.25, 0.3) is 0 Å². The summed E-state index contributed by atoms with van der Waals surface area (Å²) in [7, 11) is 0. The zero-order chi connectivity index (χ0) is 14.0. The number of hydrogen-bond donors (Lipinski definition) is 2. The normalized spacial score (nSPS) is 19.2. The van der Waals surface area contributed by atoms with E-state index in [0.717, 1.165) is 0 Å². The highest BCUT2D eigenvalue weighted by atomic mass is 16.6. The molecule has 0 bridgehead atoms. The largest absolute Gasteiger partial charge is 0.378 e. The van der Waals surface area contributed by atoms with Crippen LogP contribution in [0.1, 0.15) is 12.8 Å². The fourth-order valence-electron chi connectivity index (χ4n) is 2.19. The van der Waals surface area contributed by atoms with E-state index >= 15 is 0 Å². The van der Waals surface area contributed by atoms with Crippen molar-refractivity contribution in [2.24, 2.45) is 11.7 Å². The molecule has 0 saturated carbocycles. The summed E-state index contributed by atoms with van der Waals surface area (Å²) < 4.78 is 0. The number of rotatable bonds is 3. The smallest absolute Gasteiger partial charge is 0.353 e. The van der Waals surface area contributed by atoms with Gasteiger partial charge in [0.2, 0.25) is 17.5 Å². The molecule has 1 aromatic heterocycles. The van der Waals surface area contributed by atoms with Crippen LogP contribution in [0.4, 0.5) is 17.3 Å². The molecule has 2 heterocycles. The second kappa shape index (κ2) is 5.04. The average molecular weight is 266 g/mol. The Hall–Kier alpha value is -2.45. The molecule has 1 atom stereocenters. The summed E-state index contributed by atoms with van der Waals surface area (Å²) in [5.74, 6) is -0.779. The molecule has 1 amide bonds. The Morgan fingerprint density at radius 3 is 2.89 bits per heavy atom. The molecule has 9 heteroatoms. The molecule has 0 radical (unpaired) electrons. The van der Waals surface area contributed by atoms with E-state index in [2.05, 4.69) is 9.97 Å². The molecule has 1 saturated heterocycles. The lowest BCUT2D eigenvalue weighted by Crippen LogP contribution is -2.41. The van der Waals surface area contributed by atoms with E-state index in [-0.39, 0.29) is 23.2 Å². The number of nitrogen functional groups attached to an aromatic ring is 1. The molecule has 0 aromatic carbocycles. The van der Waals surface area contributed by atoms with Gasteiger partial charge in [0, 0.05) is 13.1 Å². The Morgan fingerprint density at radius 2 is 2.26 bits per heavy atom. The third-order valence-corrected chi connectivity index (χ3v) is 3.14. The Labute approximate surface area is 108 Å². The van der Waals surface area contributed by atoms with Crippen molar-refractivity contribution in [2.75, 3.05) is 23.7 Å². The first-order valence-corrected chi connectivity index (χ1v) is 5.80. The summed E-state index contributed by atoms with van der Waals surface area (Å²) in [4.78, 5) is 30.8. The van der Waals surface area contributed by atoms with E-state index in [1.54, 1.807) is 4.90 Å². The highest BCUT2D eigenvalue weighted by Crippen LogP contribution is 2.32. The lowest BCUT2D eigenvalue weighted by Gasteiger charge is -2.31. The Bertz CT molecular complexity index is 520. The van der Waals surface area contributed by atoms with Crippen LogP contribution >= 0.6 is 0 Å². The number of anilines is 2. The second-order valence-corrected chi connectivity index (χ2v) is 4.38. The molecular weight excluding hydrogens is 252 g/mol. The number of primary amides is 1. The molecule has 102 valence electrons. The summed E-state index contributed by atoms with van der Waals surface area (Å²) >= 11 is 0. The van der Waals surface area contributed by atoms with Gasteiger partial charge in [-0.1, -0.05) is 0 Å². The topological polar surface area (TPSA) is 141 Å². The zero-order valence-corrected chi connectivity index (χ0v) is 10.2. The predicted octanol–water partition coefficient (Wildman–Crippen LogP) is -0.331. The number of aromatic nitrogens is 2. The second-order valence-electron chi connectivity index (χ2n) is 4.38. The molecule has 9 nitrogen and oxygen atoms in total. The summed E-state index contributed by atoms with van der Waals surface area (Å²) in [6.07, 6.45) is 2.57. The molecular formula is C10H14N6O3. The molecule has 1 aliphatic heterocycles. The Kier molecular flexibility index (Phi) is 3.45. The number of nitrogens with two attached hydrogens (primary N) is 2. The third kappa shape index (κ3) is 2.54. The minimum Gasteiger partial charge on any atom is -0.378 e. The SMILES string of the molecule is NC(=O)C1CCCN(c2ncnc(N)c2[N+](=O)[O-])C1. The van der Waals surface area contributed by atoms with Crippen molar-refractivity contribution < 1.29 is 9.72 Å². The first-order chi connectivity index (χ1) is 9.00. The summed E-state index contributed by atoms with van der Waals surface area (Å²) in [5, 5.41) is 11.0. The predicted molar refractivity (Wildman–Crippen MR) is 67.2 cm³/mol. The van der Waals surface area contributed by atoms with Crippen molar-refractivity contribution in [2.45, 2.75) is 12.8 Å². The molecule has 4 N–H and O–H groups in total. The summed E-state index contributed by atoms with van der Waals surface area (Å²) in [6, 6.07) is 0. The number of hydrogen-bond acceptors (Lipinski definition) is 7. The number of carbonyl (C=O) groups is 1. The van der Waals surface area contributed by atoms with Gasteiger partial charge in [0.1, 0.15) is 6.33 Å². The van der Waals surface area contributed by atoms with Crippen LogP contribution in [0, 0.1) is 16.0 Å². The minimum atomic E-state index is -0.613. The van der Waals surface area contributed by atoms with Crippen molar-refractivity contribution in [1.82, 2.24) is 9.97 Å². The Morgan fingerprint density at radius 1 is 1.53 bits per heavy atom. The molecule has 1 unspecified atom stereocenters. The van der Waals surface area contributed by atoms with E-state index < -0.39 is 10.8 Å². The van der Waals surface area contributed by atoms with Gasteiger partial charge in [-0.15, -0.1) is 0 Å². The molecule has 0 spiro atoms. The van der Waals surface area contributed by atoms with Gasteiger partial charge in [0.05, 0.1) is 10.8 Å². The number of nitro groups is 1. The molecule has 0 aliphatic carbocycles. The van der Waals surface area contributed by atoms with Gasteiger partial charge in [-0.25, -0.2) is 9.97 Å². The van der Waals surface area contributed by atoms with Crippen molar-refractivity contribution in [3.05, 3.63) is 16.4 Å². The van der Waals surface area contributed by atoms with Crippen molar-refractivity contribution >= 4 is 23.2 Å². The van der Waals surface area contributed by atoms with Crippen LogP contribution in [-0.2, 0) is 4.79 Å². The summed E-state index contributed by atoms with van der Waals surface area (Å²) in [6.45, 7) is 0.883. The number of nitrogens with zero attached hydrogens (tertiary/aromatic N) is 4. The summed E-state index contributed by atoms with van der Waals surface area (Å²) in [5.41, 5.74) is 10.5. The van der Waals surface area contributed by atoms with Crippen LogP contribution in [0.25, 0.3) is 0 Å². The van der Waals surface area contributed by atoms with Crippen LogP contribution in [0.5, 0.6) is 0 Å². The van der Waals surface area contributed by atoms with Crippen LogP contribution in [0.15, 0.2) is 6.33 Å². The lowest BCUT2D eigenvalue weighted by atomic mass is 9.97. The van der Waals surface area contributed by atoms with Crippen LogP contribution in [0.2, 0.25) is 0 Å². The van der Waals surface area contributed by atoms with E-state index in [1.165, 1.54) is 6.33 Å². The number of amides is 1. The highest BCUT2D eigenvalue weighted by molar-refractivity contribution is 5.78. The van der Waals surface area contributed by atoms with E-state index in [1.807, 2.05) is 0 Å². The van der Waals surface area contributed by atoms with Crippen LogP contribution in [0.3, 0.4) is 0 Å². The molecule has 1 aliphatic rings. The van der Waals surface area contributed by atoms with Gasteiger partial charge in [0.15, 0.2) is 0 Å². The van der Waals surface area contributed by atoms with E-state index in [4.69, 9.17) is 11.5 Å². The third-order valence-electron chi connectivity index (χ3n) is 3.14. The van der Waals surface area contributed by atoms with Gasteiger partial charge < -0.3 is 16.4 Å². The van der Waals surface area contributed by atoms with Gasteiger partial charge in [-0.05, 0) is 12.8 Å². The maximum absolute atomic E-state index is 11.2. The maximum Gasteiger partial charge on any atom is 0.353 e. The first kappa shape index (κ1) is 13.0. The lowest BCUT2D eigenvalue weighted by molar-refractivity contribution is -0.383. The van der Waals surface area contributed by atoms with E-state index in [0.29, 0.717) is 25.9 Å². The van der Waals surface area contributed by atoms with Crippen molar-refractivity contribution in [3.63, 3.8) is 0 Å². The molecule has 19 heavy (non-hydrogen) atoms. The molecule has 1 fully saturated rings. The zero-order valence-electron chi connectivity index (χ0n) is 10.2. The maximum atomic E-state index is 11.2.